The fourth-order valence-electron chi connectivity index (χ4n) is 1.90. The Kier molecular flexibility index (Phi) is 3.62. The Labute approximate surface area is 125 Å². The van der Waals surface area contributed by atoms with Crippen LogP contribution in [0.1, 0.15) is 5.56 Å². The van der Waals surface area contributed by atoms with Gasteiger partial charge in [0.2, 0.25) is 0 Å². The number of sulfonamides is 1. The molecule has 7 heteroatoms. The van der Waals surface area contributed by atoms with Gasteiger partial charge in [0.05, 0.1) is 6.61 Å². The van der Waals surface area contributed by atoms with Crippen LogP contribution in [0.3, 0.4) is 0 Å². The summed E-state index contributed by atoms with van der Waals surface area (Å²) in [7, 11) is -3.73. The van der Waals surface area contributed by atoms with Crippen molar-refractivity contribution in [1.29, 1.82) is 0 Å². The molecule has 2 heterocycles. The standard InChI is InChI=1S/C14H12N2O3S2/c17-9-10-1-4-14(15-8-10)21(18,19)16-12-2-3-13-11(7-12)5-6-20-13/h1-8,16-17H,9H2. The maximum absolute atomic E-state index is 12.2. The third kappa shape index (κ3) is 2.90. The fraction of sp³-hybridized carbons (Fsp3) is 0.0714. The van der Waals surface area contributed by atoms with E-state index < -0.39 is 10.0 Å². The molecule has 0 fully saturated rings. The van der Waals surface area contributed by atoms with Crippen molar-refractivity contribution < 1.29 is 13.5 Å². The lowest BCUT2D eigenvalue weighted by atomic mass is 10.2. The van der Waals surface area contributed by atoms with E-state index in [2.05, 4.69) is 9.71 Å². The van der Waals surface area contributed by atoms with Crippen molar-refractivity contribution in [2.75, 3.05) is 4.72 Å². The van der Waals surface area contributed by atoms with Gasteiger partial charge >= 0.3 is 0 Å². The molecule has 3 aromatic rings. The van der Waals surface area contributed by atoms with Gasteiger partial charge in [-0.2, -0.15) is 8.42 Å². The van der Waals surface area contributed by atoms with Gasteiger partial charge in [-0.3, -0.25) is 4.72 Å². The zero-order valence-electron chi connectivity index (χ0n) is 10.9. The summed E-state index contributed by atoms with van der Waals surface area (Å²) in [4.78, 5) is 3.86. The number of benzene rings is 1. The molecule has 0 aliphatic rings. The van der Waals surface area contributed by atoms with E-state index in [0.717, 1.165) is 10.1 Å². The minimum Gasteiger partial charge on any atom is -0.392 e. The van der Waals surface area contributed by atoms with Crippen LogP contribution in [-0.2, 0) is 16.6 Å². The molecule has 2 aromatic heterocycles. The quantitative estimate of drug-likeness (QED) is 0.774. The van der Waals surface area contributed by atoms with Crippen molar-refractivity contribution in [1.82, 2.24) is 4.98 Å². The van der Waals surface area contributed by atoms with Crippen LogP contribution in [0.25, 0.3) is 10.1 Å². The highest BCUT2D eigenvalue weighted by Crippen LogP contribution is 2.25. The van der Waals surface area contributed by atoms with Crippen LogP contribution in [0, 0.1) is 0 Å². The molecule has 0 aliphatic heterocycles. The maximum atomic E-state index is 12.2. The number of anilines is 1. The Morgan fingerprint density at radius 3 is 2.76 bits per heavy atom. The number of aliphatic hydroxyl groups is 1. The average Bonchev–Trinajstić information content (AvgIpc) is 2.94. The van der Waals surface area contributed by atoms with Crippen molar-refractivity contribution in [3.63, 3.8) is 0 Å². The number of thiophene rings is 1. The topological polar surface area (TPSA) is 79.3 Å². The molecule has 0 spiro atoms. The number of aliphatic hydroxyl groups excluding tert-OH is 1. The van der Waals surface area contributed by atoms with Crippen molar-refractivity contribution in [2.24, 2.45) is 0 Å². The second-order valence-corrected chi connectivity index (χ2v) is 7.02. The lowest BCUT2D eigenvalue weighted by molar-refractivity contribution is 0.281. The molecule has 0 atom stereocenters. The predicted molar refractivity (Wildman–Crippen MR) is 82.8 cm³/mol. The molecule has 2 N–H and O–H groups in total. The van der Waals surface area contributed by atoms with E-state index in [1.54, 1.807) is 23.5 Å². The monoisotopic (exact) mass is 320 g/mol. The van der Waals surface area contributed by atoms with Gasteiger partial charge in [0.1, 0.15) is 0 Å². The number of nitrogens with one attached hydrogen (secondary N) is 1. The number of hydrogen-bond donors (Lipinski definition) is 2. The summed E-state index contributed by atoms with van der Waals surface area (Å²) < 4.78 is 28.1. The summed E-state index contributed by atoms with van der Waals surface area (Å²) in [5.41, 5.74) is 1.06. The number of nitrogens with zero attached hydrogens (tertiary/aromatic N) is 1. The molecule has 0 bridgehead atoms. The number of fused-ring (bicyclic) bond motifs is 1. The van der Waals surface area contributed by atoms with Gasteiger partial charge < -0.3 is 5.11 Å². The van der Waals surface area contributed by atoms with Gasteiger partial charge in [-0.05, 0) is 46.7 Å². The molecule has 0 amide bonds. The molecule has 21 heavy (non-hydrogen) atoms. The summed E-state index contributed by atoms with van der Waals surface area (Å²) in [6.07, 6.45) is 1.34. The van der Waals surface area contributed by atoms with Gasteiger partial charge in [0.15, 0.2) is 5.03 Å². The normalized spacial score (nSPS) is 11.7. The number of hydrogen-bond acceptors (Lipinski definition) is 5. The first-order valence-corrected chi connectivity index (χ1v) is 8.51. The molecule has 0 saturated heterocycles. The molecule has 0 aliphatic carbocycles. The second kappa shape index (κ2) is 5.44. The van der Waals surface area contributed by atoms with Crippen LogP contribution in [-0.4, -0.2) is 18.5 Å². The number of pyridine rings is 1. The first-order valence-electron chi connectivity index (χ1n) is 6.14. The Hall–Kier alpha value is -1.96. The van der Waals surface area contributed by atoms with E-state index in [4.69, 9.17) is 5.11 Å². The number of aromatic nitrogens is 1. The van der Waals surface area contributed by atoms with Crippen molar-refractivity contribution in [3.05, 3.63) is 53.5 Å². The van der Waals surface area contributed by atoms with Crippen molar-refractivity contribution in [3.8, 4) is 0 Å². The van der Waals surface area contributed by atoms with E-state index in [-0.39, 0.29) is 11.6 Å². The zero-order chi connectivity index (χ0) is 14.9. The van der Waals surface area contributed by atoms with Gasteiger partial charge in [0.25, 0.3) is 10.0 Å². The molecule has 0 saturated carbocycles. The first kappa shape index (κ1) is 14.0. The molecule has 108 valence electrons. The summed E-state index contributed by atoms with van der Waals surface area (Å²) in [5, 5.41) is 11.8. The SMILES string of the molecule is O=S(=O)(Nc1ccc2sccc2c1)c1ccc(CO)cn1. The lowest BCUT2D eigenvalue weighted by Crippen LogP contribution is -2.14. The van der Waals surface area contributed by atoms with Crippen LogP contribution >= 0.6 is 11.3 Å². The Morgan fingerprint density at radius 2 is 2.05 bits per heavy atom. The van der Waals surface area contributed by atoms with Crippen molar-refractivity contribution >= 4 is 37.1 Å². The number of rotatable bonds is 4. The maximum Gasteiger partial charge on any atom is 0.279 e. The largest absolute Gasteiger partial charge is 0.392 e. The predicted octanol–water partition coefficient (Wildman–Crippen LogP) is 2.59. The summed E-state index contributed by atoms with van der Waals surface area (Å²) >= 11 is 1.60. The van der Waals surface area contributed by atoms with Gasteiger partial charge in [0, 0.05) is 16.6 Å². The van der Waals surface area contributed by atoms with Gasteiger partial charge in [-0.15, -0.1) is 11.3 Å². The van der Waals surface area contributed by atoms with Crippen LogP contribution in [0.15, 0.2) is 53.0 Å². The van der Waals surface area contributed by atoms with E-state index in [0.29, 0.717) is 11.3 Å². The third-order valence-electron chi connectivity index (χ3n) is 2.96. The minimum atomic E-state index is -3.73. The minimum absolute atomic E-state index is 0.0786. The summed E-state index contributed by atoms with van der Waals surface area (Å²) in [6.45, 7) is -0.171. The van der Waals surface area contributed by atoms with Crippen LogP contribution in [0.5, 0.6) is 0 Å². The Bertz CT molecular complexity index is 871. The molecular formula is C14H12N2O3S2. The molecular weight excluding hydrogens is 308 g/mol. The lowest BCUT2D eigenvalue weighted by Gasteiger charge is -2.08. The Balaban J connectivity index is 1.90. The van der Waals surface area contributed by atoms with Gasteiger partial charge in [-0.1, -0.05) is 6.07 Å². The molecule has 0 unspecified atom stereocenters. The average molecular weight is 320 g/mol. The molecule has 1 aromatic carbocycles. The summed E-state index contributed by atoms with van der Waals surface area (Å²) in [5.74, 6) is 0. The fourth-order valence-corrected chi connectivity index (χ4v) is 3.65. The van der Waals surface area contributed by atoms with Crippen LogP contribution in [0.2, 0.25) is 0 Å². The smallest absolute Gasteiger partial charge is 0.279 e. The van der Waals surface area contributed by atoms with E-state index in [1.165, 1.54) is 18.3 Å². The Morgan fingerprint density at radius 1 is 1.19 bits per heavy atom. The van der Waals surface area contributed by atoms with Crippen molar-refractivity contribution in [2.45, 2.75) is 11.6 Å². The van der Waals surface area contributed by atoms with E-state index in [1.807, 2.05) is 17.5 Å². The van der Waals surface area contributed by atoms with E-state index in [9.17, 15) is 8.42 Å². The highest BCUT2D eigenvalue weighted by molar-refractivity contribution is 7.92. The van der Waals surface area contributed by atoms with E-state index >= 15 is 0 Å². The molecule has 3 rings (SSSR count). The zero-order valence-corrected chi connectivity index (χ0v) is 12.5. The third-order valence-corrected chi connectivity index (χ3v) is 5.15. The first-order chi connectivity index (χ1) is 10.1. The molecule has 5 nitrogen and oxygen atoms in total. The van der Waals surface area contributed by atoms with Gasteiger partial charge in [-0.25, -0.2) is 4.98 Å². The highest BCUT2D eigenvalue weighted by Gasteiger charge is 2.15. The van der Waals surface area contributed by atoms with Crippen LogP contribution in [0.4, 0.5) is 5.69 Å². The molecule has 0 radical (unpaired) electrons. The van der Waals surface area contributed by atoms with Crippen LogP contribution < -0.4 is 4.72 Å². The highest BCUT2D eigenvalue weighted by atomic mass is 32.2. The second-order valence-electron chi connectivity index (χ2n) is 4.44. The summed E-state index contributed by atoms with van der Waals surface area (Å²) in [6, 6.07) is 10.2.